The molecule has 1 aromatic carbocycles. The second-order valence-electron chi connectivity index (χ2n) is 5.29. The van der Waals surface area contributed by atoms with Crippen LogP contribution < -0.4 is 5.32 Å². The lowest BCUT2D eigenvalue weighted by atomic mass is 9.86. The van der Waals surface area contributed by atoms with Crippen LogP contribution in [-0.4, -0.2) is 31.2 Å². The van der Waals surface area contributed by atoms with Crippen LogP contribution in [0.5, 0.6) is 0 Å². The molecule has 4 heteroatoms. The second-order valence-corrected chi connectivity index (χ2v) is 5.29. The first-order valence-corrected chi connectivity index (χ1v) is 7.17. The van der Waals surface area contributed by atoms with Crippen LogP contribution in [-0.2, 0) is 16.0 Å². The Labute approximate surface area is 118 Å². The molecule has 2 aromatic rings. The molecule has 1 heterocycles. The number of benzene rings is 1. The van der Waals surface area contributed by atoms with Crippen molar-refractivity contribution < 1.29 is 9.53 Å². The number of carbonyl (C=O) groups is 1. The average molecular weight is 272 g/mol. The van der Waals surface area contributed by atoms with Gasteiger partial charge in [0.05, 0.1) is 12.5 Å². The molecule has 0 saturated heterocycles. The highest BCUT2D eigenvalue weighted by Gasteiger charge is 2.29. The van der Waals surface area contributed by atoms with E-state index in [1.165, 1.54) is 10.9 Å². The van der Waals surface area contributed by atoms with E-state index in [0.29, 0.717) is 13.2 Å². The number of para-hydroxylation sites is 1. The third kappa shape index (κ3) is 2.31. The number of hydrogen-bond acceptors (Lipinski definition) is 2. The second kappa shape index (κ2) is 5.67. The van der Waals surface area contributed by atoms with E-state index in [2.05, 4.69) is 28.5 Å². The van der Waals surface area contributed by atoms with Crippen LogP contribution in [0.1, 0.15) is 30.0 Å². The number of rotatable bonds is 4. The maximum Gasteiger partial charge on any atom is 0.229 e. The van der Waals surface area contributed by atoms with Gasteiger partial charge in [0.2, 0.25) is 5.91 Å². The van der Waals surface area contributed by atoms with Gasteiger partial charge in [-0.1, -0.05) is 18.2 Å². The molecule has 0 saturated carbocycles. The van der Waals surface area contributed by atoms with Gasteiger partial charge in [-0.2, -0.15) is 0 Å². The van der Waals surface area contributed by atoms with Crippen molar-refractivity contribution in [2.24, 2.45) is 0 Å². The molecular weight excluding hydrogens is 252 g/mol. The van der Waals surface area contributed by atoms with Crippen LogP contribution in [0.3, 0.4) is 0 Å². The monoisotopic (exact) mass is 272 g/mol. The van der Waals surface area contributed by atoms with E-state index in [9.17, 15) is 4.79 Å². The molecule has 1 aromatic heterocycles. The van der Waals surface area contributed by atoms with E-state index in [4.69, 9.17) is 4.74 Å². The number of aryl methyl sites for hydroxylation is 1. The zero-order valence-corrected chi connectivity index (χ0v) is 11.7. The lowest BCUT2D eigenvalue weighted by Crippen LogP contribution is -2.33. The smallest absolute Gasteiger partial charge is 0.229 e. The number of carbonyl (C=O) groups excluding carboxylic acids is 1. The van der Waals surface area contributed by atoms with Crippen molar-refractivity contribution in [1.82, 2.24) is 10.3 Å². The van der Waals surface area contributed by atoms with Crippen LogP contribution in [0, 0.1) is 0 Å². The van der Waals surface area contributed by atoms with Crippen LogP contribution in [0.4, 0.5) is 0 Å². The Hall–Kier alpha value is -1.81. The van der Waals surface area contributed by atoms with Gasteiger partial charge in [0.1, 0.15) is 0 Å². The molecule has 106 valence electrons. The van der Waals surface area contributed by atoms with Crippen molar-refractivity contribution in [3.63, 3.8) is 0 Å². The van der Waals surface area contributed by atoms with E-state index in [1.807, 2.05) is 6.07 Å². The first-order chi connectivity index (χ1) is 9.81. The van der Waals surface area contributed by atoms with Crippen molar-refractivity contribution in [2.45, 2.75) is 25.2 Å². The van der Waals surface area contributed by atoms with E-state index >= 15 is 0 Å². The molecule has 1 atom stereocenters. The molecule has 3 rings (SSSR count). The Morgan fingerprint density at radius 1 is 1.45 bits per heavy atom. The summed E-state index contributed by atoms with van der Waals surface area (Å²) in [5.41, 5.74) is 3.56. The molecule has 2 N–H and O–H groups in total. The number of methoxy groups -OCH3 is 1. The summed E-state index contributed by atoms with van der Waals surface area (Å²) < 4.78 is 4.97. The van der Waals surface area contributed by atoms with Crippen LogP contribution in [0.2, 0.25) is 0 Å². The summed E-state index contributed by atoms with van der Waals surface area (Å²) in [5, 5.41) is 4.22. The normalized spacial score (nSPS) is 17.9. The Morgan fingerprint density at radius 3 is 3.15 bits per heavy atom. The number of ether oxygens (including phenoxy) is 1. The van der Waals surface area contributed by atoms with E-state index in [0.717, 1.165) is 30.5 Å². The van der Waals surface area contributed by atoms with Crippen LogP contribution >= 0.6 is 0 Å². The molecule has 0 radical (unpaired) electrons. The van der Waals surface area contributed by atoms with Gasteiger partial charge in [-0.25, -0.2) is 0 Å². The molecule has 0 fully saturated rings. The molecule has 1 aliphatic carbocycles. The highest BCUT2D eigenvalue weighted by molar-refractivity contribution is 5.90. The number of H-pyrrole nitrogens is 1. The third-order valence-electron chi connectivity index (χ3n) is 4.04. The Bertz CT molecular complexity index is 618. The molecule has 0 aliphatic heterocycles. The first kappa shape index (κ1) is 13.2. The summed E-state index contributed by atoms with van der Waals surface area (Å²) in [7, 11) is 1.64. The third-order valence-corrected chi connectivity index (χ3v) is 4.04. The highest BCUT2D eigenvalue weighted by Crippen LogP contribution is 2.35. The van der Waals surface area contributed by atoms with Crippen molar-refractivity contribution >= 4 is 16.8 Å². The summed E-state index contributed by atoms with van der Waals surface area (Å²) in [4.78, 5) is 15.8. The Morgan fingerprint density at radius 2 is 2.30 bits per heavy atom. The summed E-state index contributed by atoms with van der Waals surface area (Å²) in [6.45, 7) is 1.12. The van der Waals surface area contributed by atoms with Gasteiger partial charge in [0, 0.05) is 30.3 Å². The molecule has 0 unspecified atom stereocenters. The largest absolute Gasteiger partial charge is 0.383 e. The predicted molar refractivity (Wildman–Crippen MR) is 78.9 cm³/mol. The number of fused-ring (bicyclic) bond motifs is 3. The predicted octanol–water partition coefficient (Wildman–Crippen LogP) is 2.35. The summed E-state index contributed by atoms with van der Waals surface area (Å²) in [6, 6.07) is 8.29. The van der Waals surface area contributed by atoms with Crippen molar-refractivity contribution in [1.29, 1.82) is 0 Å². The van der Waals surface area contributed by atoms with Crippen LogP contribution in [0.15, 0.2) is 24.3 Å². The minimum atomic E-state index is -0.0528. The van der Waals surface area contributed by atoms with E-state index in [-0.39, 0.29) is 11.8 Å². The number of aromatic nitrogens is 1. The fourth-order valence-electron chi connectivity index (χ4n) is 3.08. The lowest BCUT2D eigenvalue weighted by molar-refractivity contribution is -0.123. The van der Waals surface area contributed by atoms with Gasteiger partial charge < -0.3 is 15.0 Å². The van der Waals surface area contributed by atoms with Gasteiger partial charge in [0.15, 0.2) is 0 Å². The minimum absolute atomic E-state index is 0.0528. The molecule has 1 amide bonds. The minimum Gasteiger partial charge on any atom is -0.383 e. The quantitative estimate of drug-likeness (QED) is 0.839. The SMILES string of the molecule is COCCNC(=O)[C@H]1CCCc2c1[nH]c1ccccc21. The fourth-order valence-corrected chi connectivity index (χ4v) is 3.08. The molecule has 4 nitrogen and oxygen atoms in total. The highest BCUT2D eigenvalue weighted by atomic mass is 16.5. The molecule has 0 bridgehead atoms. The summed E-state index contributed by atoms with van der Waals surface area (Å²) in [6.07, 6.45) is 3.04. The van der Waals surface area contributed by atoms with Crippen molar-refractivity contribution in [3.8, 4) is 0 Å². The van der Waals surface area contributed by atoms with Crippen LogP contribution in [0.25, 0.3) is 10.9 Å². The van der Waals surface area contributed by atoms with E-state index < -0.39 is 0 Å². The van der Waals surface area contributed by atoms with Gasteiger partial charge in [-0.15, -0.1) is 0 Å². The Kier molecular flexibility index (Phi) is 3.74. The molecule has 1 aliphatic rings. The topological polar surface area (TPSA) is 54.1 Å². The van der Waals surface area contributed by atoms with Crippen molar-refractivity contribution in [3.05, 3.63) is 35.5 Å². The van der Waals surface area contributed by atoms with Gasteiger partial charge in [0.25, 0.3) is 0 Å². The number of nitrogens with one attached hydrogen (secondary N) is 2. The standard InChI is InChI=1S/C16H20N2O2/c1-20-10-9-17-16(19)13-7-4-6-12-11-5-2-3-8-14(11)18-15(12)13/h2-3,5,8,13,18H,4,6-7,9-10H2,1H3,(H,17,19)/t13-/m0/s1. The van der Waals surface area contributed by atoms with Gasteiger partial charge in [-0.3, -0.25) is 4.79 Å². The molecule has 20 heavy (non-hydrogen) atoms. The zero-order valence-electron chi connectivity index (χ0n) is 11.7. The molecule has 0 spiro atoms. The number of hydrogen-bond donors (Lipinski definition) is 2. The van der Waals surface area contributed by atoms with Gasteiger partial charge >= 0.3 is 0 Å². The maximum atomic E-state index is 12.3. The fraction of sp³-hybridized carbons (Fsp3) is 0.438. The zero-order chi connectivity index (χ0) is 13.9. The maximum absolute atomic E-state index is 12.3. The van der Waals surface area contributed by atoms with E-state index in [1.54, 1.807) is 7.11 Å². The Balaban J connectivity index is 1.88. The van der Waals surface area contributed by atoms with Crippen molar-refractivity contribution in [2.75, 3.05) is 20.3 Å². The average Bonchev–Trinajstić information content (AvgIpc) is 2.86. The summed E-state index contributed by atoms with van der Waals surface area (Å²) >= 11 is 0. The molecular formula is C16H20N2O2. The first-order valence-electron chi connectivity index (χ1n) is 7.17. The van der Waals surface area contributed by atoms with Gasteiger partial charge in [-0.05, 0) is 30.9 Å². The lowest BCUT2D eigenvalue weighted by Gasteiger charge is -2.22. The number of amides is 1. The number of aromatic amines is 1. The summed E-state index contributed by atoms with van der Waals surface area (Å²) in [5.74, 6) is 0.0533.